The zero-order valence-electron chi connectivity index (χ0n) is 7.30. The molecule has 0 aliphatic carbocycles. The van der Waals surface area contributed by atoms with E-state index in [1.165, 1.54) is 0 Å². The van der Waals surface area contributed by atoms with Crippen molar-refractivity contribution in [2.24, 2.45) is 0 Å². The van der Waals surface area contributed by atoms with Gasteiger partial charge in [0.1, 0.15) is 0 Å². The molecule has 3 heteroatoms. The van der Waals surface area contributed by atoms with Crippen molar-refractivity contribution in [3.63, 3.8) is 0 Å². The Bertz CT molecular complexity index is 291. The first-order valence-corrected chi connectivity index (χ1v) is 4.80. The van der Waals surface area contributed by atoms with Crippen LogP contribution in [0.15, 0.2) is 10.5 Å². The fraction of sp³-hybridized carbons (Fsp3) is 0.444. The fourth-order valence-corrected chi connectivity index (χ4v) is 1.70. The van der Waals surface area contributed by atoms with Gasteiger partial charge in [0.05, 0.1) is 5.69 Å². The Morgan fingerprint density at radius 1 is 1.67 bits per heavy atom. The largest absolute Gasteiger partial charge is 0.342 e. The molecule has 0 saturated heterocycles. The van der Waals surface area contributed by atoms with Crippen molar-refractivity contribution < 1.29 is 4.79 Å². The summed E-state index contributed by atoms with van der Waals surface area (Å²) in [4.78, 5) is 10.6. The molecule has 0 unspecified atom stereocenters. The maximum Gasteiger partial charge on any atom is 0.166 e. The molecule has 0 aliphatic heterocycles. The normalized spacial score (nSPS) is 10.2. The van der Waals surface area contributed by atoms with Crippen LogP contribution in [-0.4, -0.2) is 10.9 Å². The van der Waals surface area contributed by atoms with Crippen LogP contribution >= 0.6 is 15.9 Å². The fourth-order valence-electron chi connectivity index (χ4n) is 1.25. The molecule has 0 atom stereocenters. The summed E-state index contributed by atoms with van der Waals surface area (Å²) >= 11 is 3.40. The number of hydrogen-bond donors (Lipinski definition) is 0. The second-order valence-corrected chi connectivity index (χ2v) is 3.63. The molecule has 0 aliphatic rings. The predicted octanol–water partition coefficient (Wildman–Crippen LogP) is 2.78. The maximum absolute atomic E-state index is 10.6. The number of aldehydes is 1. The Morgan fingerprint density at radius 2 is 2.33 bits per heavy atom. The minimum atomic E-state index is 0.751. The number of hydrogen-bond acceptors (Lipinski definition) is 1. The average Bonchev–Trinajstić information content (AvgIpc) is 2.33. The number of nitrogens with zero attached hydrogens (tertiary/aromatic N) is 1. The lowest BCUT2D eigenvalue weighted by atomic mass is 10.4. The molecule has 1 rings (SSSR count). The highest BCUT2D eigenvalue weighted by Gasteiger charge is 2.07. The van der Waals surface area contributed by atoms with Gasteiger partial charge in [0, 0.05) is 16.7 Å². The van der Waals surface area contributed by atoms with Crippen molar-refractivity contribution in [3.8, 4) is 0 Å². The minimum absolute atomic E-state index is 0.751. The van der Waals surface area contributed by atoms with Crippen molar-refractivity contribution in [2.45, 2.75) is 26.8 Å². The highest BCUT2D eigenvalue weighted by molar-refractivity contribution is 9.10. The van der Waals surface area contributed by atoms with E-state index in [4.69, 9.17) is 0 Å². The number of rotatable bonds is 3. The van der Waals surface area contributed by atoms with Crippen LogP contribution in [0.4, 0.5) is 0 Å². The highest BCUT2D eigenvalue weighted by Crippen LogP contribution is 2.20. The molecule has 1 aromatic heterocycles. The van der Waals surface area contributed by atoms with Gasteiger partial charge in [-0.15, -0.1) is 0 Å². The smallest absolute Gasteiger partial charge is 0.166 e. The summed E-state index contributed by atoms with van der Waals surface area (Å²) in [5.41, 5.74) is 1.88. The van der Waals surface area contributed by atoms with Gasteiger partial charge in [-0.2, -0.15) is 0 Å². The number of halogens is 1. The van der Waals surface area contributed by atoms with Crippen LogP contribution in [-0.2, 0) is 6.54 Å². The lowest BCUT2D eigenvalue weighted by Gasteiger charge is -2.05. The first kappa shape index (κ1) is 9.52. The van der Waals surface area contributed by atoms with E-state index in [1.807, 2.05) is 17.6 Å². The molecule has 0 spiro atoms. The topological polar surface area (TPSA) is 22.0 Å². The zero-order chi connectivity index (χ0) is 9.14. The summed E-state index contributed by atoms with van der Waals surface area (Å²) in [6.45, 7) is 5.01. The highest BCUT2D eigenvalue weighted by atomic mass is 79.9. The summed E-state index contributed by atoms with van der Waals surface area (Å²) < 4.78 is 3.04. The second kappa shape index (κ2) is 3.90. The van der Waals surface area contributed by atoms with Gasteiger partial charge >= 0.3 is 0 Å². The van der Waals surface area contributed by atoms with Crippen molar-refractivity contribution in [1.29, 1.82) is 0 Å². The summed E-state index contributed by atoms with van der Waals surface area (Å²) in [5.74, 6) is 0. The minimum Gasteiger partial charge on any atom is -0.342 e. The zero-order valence-corrected chi connectivity index (χ0v) is 8.89. The van der Waals surface area contributed by atoms with E-state index in [9.17, 15) is 4.79 Å². The van der Waals surface area contributed by atoms with E-state index in [-0.39, 0.29) is 0 Å². The summed E-state index contributed by atoms with van der Waals surface area (Å²) in [7, 11) is 0. The molecule has 0 N–H and O–H groups in total. The first-order chi connectivity index (χ1) is 5.70. The van der Waals surface area contributed by atoms with Gasteiger partial charge in [0.15, 0.2) is 6.29 Å². The Hall–Kier alpha value is -0.570. The summed E-state index contributed by atoms with van der Waals surface area (Å²) in [6.07, 6.45) is 1.94. The van der Waals surface area contributed by atoms with Gasteiger partial charge in [0.25, 0.3) is 0 Å². The molecule has 12 heavy (non-hydrogen) atoms. The van der Waals surface area contributed by atoms with Crippen molar-refractivity contribution in [2.75, 3.05) is 0 Å². The molecule has 2 nitrogen and oxygen atoms in total. The second-order valence-electron chi connectivity index (χ2n) is 2.77. The first-order valence-electron chi connectivity index (χ1n) is 4.01. The van der Waals surface area contributed by atoms with Gasteiger partial charge < -0.3 is 4.57 Å². The van der Waals surface area contributed by atoms with E-state index in [0.717, 1.165) is 35.1 Å². The standard InChI is InChI=1S/C9H12BrNO/c1-3-4-11-7(2)9(10)5-8(11)6-12/h5-6H,3-4H2,1-2H3. The maximum atomic E-state index is 10.6. The van der Waals surface area contributed by atoms with Crippen LogP contribution in [0.5, 0.6) is 0 Å². The third-order valence-corrected chi connectivity index (χ3v) is 2.71. The van der Waals surface area contributed by atoms with E-state index < -0.39 is 0 Å². The number of carbonyl (C=O) groups is 1. The van der Waals surface area contributed by atoms with Crippen LogP contribution in [0.25, 0.3) is 0 Å². The van der Waals surface area contributed by atoms with Crippen LogP contribution < -0.4 is 0 Å². The van der Waals surface area contributed by atoms with Crippen LogP contribution in [0, 0.1) is 6.92 Å². The van der Waals surface area contributed by atoms with Gasteiger partial charge in [-0.05, 0) is 35.3 Å². The molecular weight excluding hydrogens is 218 g/mol. The molecule has 0 fully saturated rings. The predicted molar refractivity (Wildman–Crippen MR) is 52.5 cm³/mol. The van der Waals surface area contributed by atoms with Crippen LogP contribution in [0.3, 0.4) is 0 Å². The molecule has 0 amide bonds. The van der Waals surface area contributed by atoms with Crippen LogP contribution in [0.2, 0.25) is 0 Å². The van der Waals surface area contributed by atoms with Gasteiger partial charge in [-0.1, -0.05) is 6.92 Å². The van der Waals surface area contributed by atoms with E-state index >= 15 is 0 Å². The van der Waals surface area contributed by atoms with E-state index in [1.54, 1.807) is 0 Å². The Morgan fingerprint density at radius 3 is 2.83 bits per heavy atom. The van der Waals surface area contributed by atoms with Gasteiger partial charge in [-0.3, -0.25) is 4.79 Å². The molecule has 0 saturated carbocycles. The molecule has 66 valence electrons. The lowest BCUT2D eigenvalue weighted by molar-refractivity contribution is 0.111. The molecule has 0 aromatic carbocycles. The van der Waals surface area contributed by atoms with Crippen molar-refractivity contribution in [1.82, 2.24) is 4.57 Å². The third kappa shape index (κ3) is 1.61. The van der Waals surface area contributed by atoms with Crippen molar-refractivity contribution >= 4 is 22.2 Å². The number of aromatic nitrogens is 1. The Balaban J connectivity index is 3.11. The molecule has 1 heterocycles. The molecule has 0 radical (unpaired) electrons. The average molecular weight is 230 g/mol. The summed E-state index contributed by atoms with van der Waals surface area (Å²) in [6, 6.07) is 1.86. The third-order valence-electron chi connectivity index (χ3n) is 1.90. The summed E-state index contributed by atoms with van der Waals surface area (Å²) in [5, 5.41) is 0. The van der Waals surface area contributed by atoms with Crippen molar-refractivity contribution in [3.05, 3.63) is 21.9 Å². The van der Waals surface area contributed by atoms with E-state index in [0.29, 0.717) is 0 Å². The van der Waals surface area contributed by atoms with Gasteiger partial charge in [0.2, 0.25) is 0 Å². The molecular formula is C9H12BrNO. The lowest BCUT2D eigenvalue weighted by Crippen LogP contribution is -2.03. The Labute approximate surface area is 80.7 Å². The van der Waals surface area contributed by atoms with Crippen LogP contribution in [0.1, 0.15) is 29.5 Å². The Kier molecular flexibility index (Phi) is 3.09. The quantitative estimate of drug-likeness (QED) is 0.732. The molecule has 1 aromatic rings. The van der Waals surface area contributed by atoms with Gasteiger partial charge in [-0.25, -0.2) is 0 Å². The monoisotopic (exact) mass is 229 g/mol. The number of carbonyl (C=O) groups excluding carboxylic acids is 1. The SMILES string of the molecule is CCCn1c(C=O)cc(Br)c1C. The van der Waals surface area contributed by atoms with E-state index in [2.05, 4.69) is 22.9 Å². The molecule has 0 bridgehead atoms.